The van der Waals surface area contributed by atoms with Gasteiger partial charge in [0.1, 0.15) is 5.82 Å². The van der Waals surface area contributed by atoms with Gasteiger partial charge in [-0.1, -0.05) is 0 Å². The molecule has 0 aliphatic carbocycles. The van der Waals surface area contributed by atoms with Crippen molar-refractivity contribution >= 4 is 23.5 Å². The summed E-state index contributed by atoms with van der Waals surface area (Å²) in [5.41, 5.74) is 0.405. The zero-order valence-electron chi connectivity index (χ0n) is 13.4. The van der Waals surface area contributed by atoms with Crippen molar-refractivity contribution in [2.75, 3.05) is 44.7 Å². The lowest BCUT2D eigenvalue weighted by Crippen LogP contribution is -2.35. The van der Waals surface area contributed by atoms with Crippen LogP contribution in [0.5, 0.6) is 0 Å². The van der Waals surface area contributed by atoms with Crippen LogP contribution in [0.15, 0.2) is 18.2 Å². The Labute approximate surface area is 139 Å². The van der Waals surface area contributed by atoms with E-state index in [9.17, 15) is 18.8 Å². The maximum atomic E-state index is 14.2. The van der Waals surface area contributed by atoms with Gasteiger partial charge in [-0.3, -0.25) is 14.5 Å². The first-order chi connectivity index (χ1) is 11.5. The molecule has 128 valence electrons. The Bertz CT molecular complexity index is 694. The van der Waals surface area contributed by atoms with Gasteiger partial charge in [0, 0.05) is 51.9 Å². The van der Waals surface area contributed by atoms with Crippen molar-refractivity contribution in [2.24, 2.45) is 0 Å². The van der Waals surface area contributed by atoms with E-state index < -0.39 is 11.7 Å². The second kappa shape index (κ2) is 6.46. The lowest BCUT2D eigenvalue weighted by atomic mass is 10.1. The summed E-state index contributed by atoms with van der Waals surface area (Å²) >= 11 is 0. The Kier molecular flexibility index (Phi) is 4.37. The van der Waals surface area contributed by atoms with E-state index in [2.05, 4.69) is 5.32 Å². The quantitative estimate of drug-likeness (QED) is 0.863. The number of carbonyl (C=O) groups is 3. The molecular formula is C16H19FN4O3. The molecule has 4 amide bonds. The maximum absolute atomic E-state index is 14.2. The summed E-state index contributed by atoms with van der Waals surface area (Å²) in [6.45, 7) is 2.02. The van der Waals surface area contributed by atoms with Gasteiger partial charge < -0.3 is 15.1 Å². The third-order valence-corrected chi connectivity index (χ3v) is 4.36. The number of rotatable bonds is 2. The highest BCUT2D eigenvalue weighted by molar-refractivity contribution is 5.99. The lowest BCUT2D eigenvalue weighted by molar-refractivity contribution is -0.129. The van der Waals surface area contributed by atoms with Gasteiger partial charge in [0.05, 0.1) is 5.56 Å². The number of likely N-dealkylation sites (N-methyl/N-ethyl adjacent to an activating group) is 1. The number of anilines is 1. The highest BCUT2D eigenvalue weighted by atomic mass is 19.1. The fourth-order valence-electron chi connectivity index (χ4n) is 2.87. The van der Waals surface area contributed by atoms with Crippen LogP contribution in [0.25, 0.3) is 0 Å². The summed E-state index contributed by atoms with van der Waals surface area (Å²) in [7, 11) is 1.68. The molecule has 7 nitrogen and oxygen atoms in total. The topological polar surface area (TPSA) is 73.0 Å². The van der Waals surface area contributed by atoms with E-state index in [4.69, 9.17) is 0 Å². The zero-order chi connectivity index (χ0) is 17.3. The van der Waals surface area contributed by atoms with Gasteiger partial charge in [0.2, 0.25) is 5.91 Å². The van der Waals surface area contributed by atoms with Crippen LogP contribution in [-0.4, -0.2) is 67.4 Å². The summed E-state index contributed by atoms with van der Waals surface area (Å²) in [6.07, 6.45) is 0.220. The third-order valence-electron chi connectivity index (χ3n) is 4.36. The number of hydrogen-bond acceptors (Lipinski definition) is 3. The molecule has 1 aromatic carbocycles. The highest BCUT2D eigenvalue weighted by Gasteiger charge is 2.27. The molecule has 2 saturated heterocycles. The Morgan fingerprint density at radius 3 is 2.67 bits per heavy atom. The van der Waals surface area contributed by atoms with E-state index in [0.29, 0.717) is 31.9 Å². The summed E-state index contributed by atoms with van der Waals surface area (Å²) < 4.78 is 14.2. The van der Waals surface area contributed by atoms with Crippen LogP contribution in [0.2, 0.25) is 0 Å². The molecular weight excluding hydrogens is 315 g/mol. The number of amides is 4. The van der Waals surface area contributed by atoms with Gasteiger partial charge in [-0.2, -0.15) is 0 Å². The Hall–Kier alpha value is -2.64. The van der Waals surface area contributed by atoms with Crippen molar-refractivity contribution < 1.29 is 18.8 Å². The minimum Gasteiger partial charge on any atom is -0.344 e. The minimum absolute atomic E-state index is 0.0340. The molecule has 2 aliphatic rings. The van der Waals surface area contributed by atoms with Crippen LogP contribution in [0.1, 0.15) is 16.8 Å². The Morgan fingerprint density at radius 1 is 1.17 bits per heavy atom. The van der Waals surface area contributed by atoms with Crippen LogP contribution in [0.3, 0.4) is 0 Å². The highest BCUT2D eigenvalue weighted by Crippen LogP contribution is 2.22. The first-order valence-electron chi connectivity index (χ1n) is 7.85. The van der Waals surface area contributed by atoms with Crippen LogP contribution in [0.4, 0.5) is 14.9 Å². The second-order valence-corrected chi connectivity index (χ2v) is 5.91. The summed E-state index contributed by atoms with van der Waals surface area (Å²) in [4.78, 5) is 40.6. The molecule has 8 heteroatoms. The Balaban J connectivity index is 1.84. The predicted octanol–water partition coefficient (Wildman–Crippen LogP) is 0.660. The first kappa shape index (κ1) is 16.2. The fourth-order valence-corrected chi connectivity index (χ4v) is 2.87. The van der Waals surface area contributed by atoms with Gasteiger partial charge in [-0.25, -0.2) is 9.18 Å². The van der Waals surface area contributed by atoms with E-state index in [-0.39, 0.29) is 30.5 Å². The van der Waals surface area contributed by atoms with Gasteiger partial charge in [-0.05, 0) is 18.2 Å². The van der Waals surface area contributed by atoms with E-state index in [0.717, 1.165) is 0 Å². The predicted molar refractivity (Wildman–Crippen MR) is 85.3 cm³/mol. The molecule has 3 rings (SSSR count). The summed E-state index contributed by atoms with van der Waals surface area (Å²) in [6, 6.07) is 3.82. The molecule has 0 bridgehead atoms. The molecule has 0 saturated carbocycles. The molecule has 0 spiro atoms. The maximum Gasteiger partial charge on any atom is 0.321 e. The monoisotopic (exact) mass is 334 g/mol. The summed E-state index contributed by atoms with van der Waals surface area (Å²) in [5, 5.41) is 2.67. The van der Waals surface area contributed by atoms with E-state index in [1.54, 1.807) is 11.9 Å². The molecule has 0 aromatic heterocycles. The van der Waals surface area contributed by atoms with Crippen molar-refractivity contribution in [3.05, 3.63) is 29.6 Å². The SMILES string of the molecule is CN1CCN(C(=O)c2cc(N3CCNC3=O)ccc2F)CCC1=O. The van der Waals surface area contributed by atoms with Crippen molar-refractivity contribution in [1.29, 1.82) is 0 Å². The molecule has 0 radical (unpaired) electrons. The standard InChI is InChI=1S/C16H19FN4O3/c1-19-8-9-20(6-4-14(19)22)15(23)12-10-11(2-3-13(12)17)21-7-5-18-16(21)24/h2-3,10H,4-9H2,1H3,(H,18,24). The molecule has 2 aliphatic heterocycles. The molecule has 1 N–H and O–H groups in total. The summed E-state index contributed by atoms with van der Waals surface area (Å²) in [5.74, 6) is -1.13. The van der Waals surface area contributed by atoms with E-state index >= 15 is 0 Å². The number of carbonyl (C=O) groups excluding carboxylic acids is 3. The van der Waals surface area contributed by atoms with Gasteiger partial charge in [-0.15, -0.1) is 0 Å². The van der Waals surface area contributed by atoms with Crippen LogP contribution in [-0.2, 0) is 4.79 Å². The number of benzene rings is 1. The van der Waals surface area contributed by atoms with Crippen LogP contribution >= 0.6 is 0 Å². The fraction of sp³-hybridized carbons (Fsp3) is 0.438. The van der Waals surface area contributed by atoms with Crippen molar-refractivity contribution in [3.63, 3.8) is 0 Å². The molecule has 2 fully saturated rings. The van der Waals surface area contributed by atoms with Gasteiger partial charge in [0.25, 0.3) is 5.91 Å². The third kappa shape index (κ3) is 3.04. The van der Waals surface area contributed by atoms with E-state index in [1.165, 1.54) is 28.0 Å². The number of nitrogens with one attached hydrogen (secondary N) is 1. The largest absolute Gasteiger partial charge is 0.344 e. The minimum atomic E-state index is -0.632. The normalized spacial score (nSPS) is 18.7. The van der Waals surface area contributed by atoms with Crippen molar-refractivity contribution in [1.82, 2.24) is 15.1 Å². The molecule has 1 aromatic rings. The van der Waals surface area contributed by atoms with Crippen molar-refractivity contribution in [2.45, 2.75) is 6.42 Å². The average molecular weight is 334 g/mol. The lowest BCUT2D eigenvalue weighted by Gasteiger charge is -2.22. The van der Waals surface area contributed by atoms with Crippen molar-refractivity contribution in [3.8, 4) is 0 Å². The van der Waals surface area contributed by atoms with Crippen LogP contribution < -0.4 is 10.2 Å². The zero-order valence-corrected chi connectivity index (χ0v) is 13.4. The van der Waals surface area contributed by atoms with Crippen LogP contribution in [0, 0.1) is 5.82 Å². The second-order valence-electron chi connectivity index (χ2n) is 5.91. The average Bonchev–Trinajstić information content (AvgIpc) is 2.92. The smallest absolute Gasteiger partial charge is 0.321 e. The molecule has 0 atom stereocenters. The number of halogens is 1. The van der Waals surface area contributed by atoms with E-state index in [1.807, 2.05) is 0 Å². The molecule has 2 heterocycles. The number of urea groups is 1. The Morgan fingerprint density at radius 2 is 1.96 bits per heavy atom. The van der Waals surface area contributed by atoms with Gasteiger partial charge in [0.15, 0.2) is 0 Å². The first-order valence-corrected chi connectivity index (χ1v) is 7.85. The number of nitrogens with zero attached hydrogens (tertiary/aromatic N) is 3. The van der Waals surface area contributed by atoms with Gasteiger partial charge >= 0.3 is 6.03 Å². The molecule has 0 unspecified atom stereocenters. The molecule has 24 heavy (non-hydrogen) atoms. The number of hydrogen-bond donors (Lipinski definition) is 1.